The molecule has 0 atom stereocenters. The number of anilines is 1. The largest absolute Gasteiger partial charge is 0.492 e. The first-order valence-corrected chi connectivity index (χ1v) is 15.2. The van der Waals surface area contributed by atoms with Crippen LogP contribution in [0.1, 0.15) is 11.1 Å². The van der Waals surface area contributed by atoms with Crippen molar-refractivity contribution in [1.29, 1.82) is 0 Å². The molecule has 0 aliphatic carbocycles. The van der Waals surface area contributed by atoms with Gasteiger partial charge in [0, 0.05) is 58.4 Å². The Kier molecular flexibility index (Phi) is 7.26. The fourth-order valence-electron chi connectivity index (χ4n) is 5.20. The number of nitrogens with zero attached hydrogens (tertiary/aromatic N) is 3. The van der Waals surface area contributed by atoms with E-state index in [1.165, 1.54) is 4.31 Å². The fourth-order valence-corrected chi connectivity index (χ4v) is 6.99. The molecule has 206 valence electrons. The van der Waals surface area contributed by atoms with Gasteiger partial charge in [-0.05, 0) is 54.6 Å². The van der Waals surface area contributed by atoms with Crippen molar-refractivity contribution in [3.63, 3.8) is 0 Å². The summed E-state index contributed by atoms with van der Waals surface area (Å²) >= 11 is 3.58. The number of amides is 1. The van der Waals surface area contributed by atoms with Crippen molar-refractivity contribution in [2.45, 2.75) is 11.4 Å². The first kappa shape index (κ1) is 26.8. The number of hydrogen-bond acceptors (Lipinski definition) is 5. The molecule has 6 rings (SSSR count). The van der Waals surface area contributed by atoms with E-state index in [-0.39, 0.29) is 10.8 Å². The van der Waals surface area contributed by atoms with Crippen LogP contribution in [0.25, 0.3) is 22.6 Å². The van der Waals surface area contributed by atoms with Crippen LogP contribution >= 0.6 is 15.9 Å². The van der Waals surface area contributed by atoms with Gasteiger partial charge in [0.25, 0.3) is 5.91 Å². The fraction of sp³-hybridized carbons (Fsp3) is 0.233. The van der Waals surface area contributed by atoms with Gasteiger partial charge in [-0.3, -0.25) is 4.79 Å². The first-order chi connectivity index (χ1) is 19.3. The van der Waals surface area contributed by atoms with Gasteiger partial charge in [0.1, 0.15) is 12.4 Å². The molecule has 1 saturated heterocycles. The Labute approximate surface area is 241 Å². The molecular formula is C30H28BrN3O5S. The minimum absolute atomic E-state index is 0.172. The highest BCUT2D eigenvalue weighted by Crippen LogP contribution is 2.40. The Morgan fingerprint density at radius 2 is 1.80 bits per heavy atom. The number of hydrogen-bond donors (Lipinski definition) is 0. The van der Waals surface area contributed by atoms with E-state index >= 15 is 0 Å². The summed E-state index contributed by atoms with van der Waals surface area (Å²) in [6.07, 6.45) is 3.87. The van der Waals surface area contributed by atoms with E-state index in [9.17, 15) is 13.2 Å². The van der Waals surface area contributed by atoms with Gasteiger partial charge in [-0.25, -0.2) is 8.42 Å². The second-order valence-corrected chi connectivity index (χ2v) is 12.6. The lowest BCUT2D eigenvalue weighted by atomic mass is 10.0. The van der Waals surface area contributed by atoms with Crippen LogP contribution in [0.2, 0.25) is 0 Å². The molecule has 1 aromatic heterocycles. The molecule has 0 spiro atoms. The zero-order valence-electron chi connectivity index (χ0n) is 21.9. The van der Waals surface area contributed by atoms with Crippen molar-refractivity contribution in [1.82, 2.24) is 8.87 Å². The van der Waals surface area contributed by atoms with Crippen molar-refractivity contribution in [3.8, 4) is 5.75 Å². The monoisotopic (exact) mass is 621 g/mol. The predicted molar refractivity (Wildman–Crippen MR) is 159 cm³/mol. The van der Waals surface area contributed by atoms with Crippen LogP contribution in [-0.2, 0) is 26.1 Å². The molecule has 10 heteroatoms. The van der Waals surface area contributed by atoms with E-state index in [1.807, 2.05) is 60.8 Å². The van der Waals surface area contributed by atoms with Crippen LogP contribution in [0.15, 0.2) is 82.3 Å². The minimum Gasteiger partial charge on any atom is -0.492 e. The van der Waals surface area contributed by atoms with Crippen LogP contribution < -0.4 is 9.64 Å². The third kappa shape index (κ3) is 4.96. The number of carbonyl (C=O) groups excluding carboxylic acids is 1. The lowest BCUT2D eigenvalue weighted by Crippen LogP contribution is -2.40. The molecule has 0 saturated carbocycles. The number of sulfonamides is 1. The first-order valence-electron chi connectivity index (χ1n) is 13.0. The normalized spacial score (nSPS) is 17.1. The van der Waals surface area contributed by atoms with Gasteiger partial charge in [0.15, 0.2) is 0 Å². The number of fused-ring (bicyclic) bond motifs is 2. The molecule has 0 bridgehead atoms. The number of benzene rings is 3. The summed E-state index contributed by atoms with van der Waals surface area (Å²) in [5, 5.41) is 0.975. The van der Waals surface area contributed by atoms with Crippen LogP contribution in [-0.4, -0.2) is 63.2 Å². The summed E-state index contributed by atoms with van der Waals surface area (Å²) in [7, 11) is -2.00. The maximum Gasteiger partial charge on any atom is 0.258 e. The van der Waals surface area contributed by atoms with Gasteiger partial charge in [0.2, 0.25) is 10.0 Å². The molecule has 2 aliphatic rings. The minimum atomic E-state index is -3.71. The summed E-state index contributed by atoms with van der Waals surface area (Å²) in [6.45, 7) is 2.45. The molecule has 0 radical (unpaired) electrons. The standard InChI is InChI=1S/C30H28BrN3O5S/c1-32-28-10-8-24(40(36,37)34-12-14-38-15-13-34)19-26(28)27(30(32)35)17-21-20-33(29-9-7-22(31)18-25(21)29)11-16-39-23-5-3-2-4-6-23/h2-10,17-20H,11-16H2,1H3/b27-17-. The average Bonchev–Trinajstić information content (AvgIpc) is 3.43. The van der Waals surface area contributed by atoms with Gasteiger partial charge in [-0.15, -0.1) is 0 Å². The number of morpholine rings is 1. The van der Waals surface area contributed by atoms with Crippen molar-refractivity contribution in [2.75, 3.05) is 44.9 Å². The zero-order chi connectivity index (χ0) is 27.9. The third-order valence-corrected chi connectivity index (χ3v) is 9.67. The number of rotatable bonds is 7. The van der Waals surface area contributed by atoms with Gasteiger partial charge < -0.3 is 18.9 Å². The highest BCUT2D eigenvalue weighted by molar-refractivity contribution is 9.10. The second-order valence-electron chi connectivity index (χ2n) is 9.72. The molecule has 3 aromatic carbocycles. The van der Waals surface area contributed by atoms with Gasteiger partial charge in [-0.2, -0.15) is 4.31 Å². The average molecular weight is 623 g/mol. The molecule has 3 heterocycles. The Morgan fingerprint density at radius 3 is 2.58 bits per heavy atom. The second kappa shape index (κ2) is 10.9. The summed E-state index contributed by atoms with van der Waals surface area (Å²) in [6, 6.07) is 20.6. The van der Waals surface area contributed by atoms with Crippen LogP contribution in [0.5, 0.6) is 5.75 Å². The Morgan fingerprint density at radius 1 is 1.02 bits per heavy atom. The lowest BCUT2D eigenvalue weighted by Gasteiger charge is -2.26. The maximum absolute atomic E-state index is 13.4. The molecule has 1 fully saturated rings. The molecule has 2 aliphatic heterocycles. The number of likely N-dealkylation sites (N-methyl/N-ethyl adjacent to an activating group) is 1. The number of para-hydroxylation sites is 1. The summed E-state index contributed by atoms with van der Waals surface area (Å²) in [4.78, 5) is 15.1. The third-order valence-electron chi connectivity index (χ3n) is 7.28. The molecule has 0 unspecified atom stereocenters. The zero-order valence-corrected chi connectivity index (χ0v) is 24.3. The van der Waals surface area contributed by atoms with E-state index in [0.717, 1.165) is 26.7 Å². The van der Waals surface area contributed by atoms with Crippen molar-refractivity contribution in [3.05, 3.63) is 88.5 Å². The van der Waals surface area contributed by atoms with Gasteiger partial charge in [-0.1, -0.05) is 34.1 Å². The SMILES string of the molecule is CN1C(=O)/C(=C\c2cn(CCOc3ccccc3)c3ccc(Br)cc23)c2cc(S(=O)(=O)N3CCOCC3)ccc21. The maximum atomic E-state index is 13.4. The van der Waals surface area contributed by atoms with Gasteiger partial charge in [0.05, 0.1) is 30.3 Å². The number of aromatic nitrogens is 1. The van der Waals surface area contributed by atoms with Crippen LogP contribution in [0.3, 0.4) is 0 Å². The number of carbonyl (C=O) groups is 1. The lowest BCUT2D eigenvalue weighted by molar-refractivity contribution is -0.112. The summed E-state index contributed by atoms with van der Waals surface area (Å²) in [5.41, 5.74) is 3.61. The van der Waals surface area contributed by atoms with E-state index in [4.69, 9.17) is 9.47 Å². The van der Waals surface area contributed by atoms with Gasteiger partial charge >= 0.3 is 0 Å². The smallest absolute Gasteiger partial charge is 0.258 e. The van der Waals surface area contributed by atoms with Crippen molar-refractivity contribution in [2.24, 2.45) is 0 Å². The number of halogens is 1. The number of ether oxygens (including phenoxy) is 2. The molecule has 40 heavy (non-hydrogen) atoms. The van der Waals surface area contributed by atoms with E-state index in [0.29, 0.717) is 56.3 Å². The van der Waals surface area contributed by atoms with E-state index in [2.05, 4.69) is 20.5 Å². The van der Waals surface area contributed by atoms with Crippen LogP contribution in [0, 0.1) is 0 Å². The highest BCUT2D eigenvalue weighted by Gasteiger charge is 2.33. The predicted octanol–water partition coefficient (Wildman–Crippen LogP) is 5.02. The Balaban J connectivity index is 1.37. The molecule has 4 aromatic rings. The topological polar surface area (TPSA) is 81.1 Å². The quantitative estimate of drug-likeness (QED) is 0.271. The van der Waals surface area contributed by atoms with E-state index in [1.54, 1.807) is 30.1 Å². The Hall–Kier alpha value is -3.44. The molecule has 0 N–H and O–H groups in total. The van der Waals surface area contributed by atoms with Crippen molar-refractivity contribution < 1.29 is 22.7 Å². The summed E-state index contributed by atoms with van der Waals surface area (Å²) in [5.74, 6) is 0.627. The molecular weight excluding hydrogens is 594 g/mol. The molecule has 1 amide bonds. The highest BCUT2D eigenvalue weighted by atomic mass is 79.9. The Bertz CT molecular complexity index is 1730. The van der Waals surface area contributed by atoms with Crippen molar-refractivity contribution >= 4 is 60.1 Å². The summed E-state index contributed by atoms with van der Waals surface area (Å²) < 4.78 is 42.5. The van der Waals surface area contributed by atoms with Crippen LogP contribution in [0.4, 0.5) is 5.69 Å². The van der Waals surface area contributed by atoms with E-state index < -0.39 is 10.0 Å². The molecule has 8 nitrogen and oxygen atoms in total.